The van der Waals surface area contributed by atoms with E-state index in [0.29, 0.717) is 29.6 Å². The zero-order valence-corrected chi connectivity index (χ0v) is 17.8. The summed E-state index contributed by atoms with van der Waals surface area (Å²) >= 11 is 0. The molecule has 8 nitrogen and oxygen atoms in total. The number of nitrogens with zero attached hydrogens (tertiary/aromatic N) is 1. The van der Waals surface area contributed by atoms with Crippen LogP contribution >= 0.6 is 0 Å². The van der Waals surface area contributed by atoms with Crippen LogP contribution in [0.3, 0.4) is 0 Å². The molecule has 1 heterocycles. The average Bonchev–Trinajstić information content (AvgIpc) is 3.30. The van der Waals surface area contributed by atoms with Gasteiger partial charge >= 0.3 is 0 Å². The lowest BCUT2D eigenvalue weighted by atomic mass is 9.83. The number of hydrogen-bond acceptors (Lipinski definition) is 5. The summed E-state index contributed by atoms with van der Waals surface area (Å²) in [6.45, 7) is 0.547. The summed E-state index contributed by atoms with van der Waals surface area (Å²) in [6.07, 6.45) is 8.61. The highest BCUT2D eigenvalue weighted by Gasteiger charge is 2.46. The molecule has 2 atom stereocenters. The average molecular weight is 426 g/mol. The largest absolute Gasteiger partial charge is 0.376 e. The predicted octanol–water partition coefficient (Wildman–Crippen LogP) is 1.78. The van der Waals surface area contributed by atoms with Gasteiger partial charge in [-0.05, 0) is 56.4 Å². The Labute approximate surface area is 182 Å². The van der Waals surface area contributed by atoms with Gasteiger partial charge in [-0.3, -0.25) is 19.8 Å². The molecule has 3 fully saturated rings. The summed E-state index contributed by atoms with van der Waals surface area (Å²) in [5.41, 5.74) is 6.25. The van der Waals surface area contributed by atoms with Crippen molar-refractivity contribution in [1.29, 1.82) is 5.41 Å². The second-order valence-electron chi connectivity index (χ2n) is 9.19. The van der Waals surface area contributed by atoms with Crippen LogP contribution in [0.2, 0.25) is 0 Å². The van der Waals surface area contributed by atoms with E-state index in [1.165, 1.54) is 25.7 Å². The van der Waals surface area contributed by atoms with Crippen molar-refractivity contribution < 1.29 is 14.4 Å². The lowest BCUT2D eigenvalue weighted by Gasteiger charge is -2.32. The lowest BCUT2D eigenvalue weighted by Crippen LogP contribution is -2.50. The van der Waals surface area contributed by atoms with Gasteiger partial charge in [0.25, 0.3) is 5.91 Å². The van der Waals surface area contributed by atoms with Crippen LogP contribution in [-0.4, -0.2) is 53.5 Å². The molecule has 3 amide bonds. The van der Waals surface area contributed by atoms with Crippen LogP contribution in [0.1, 0.15) is 56.9 Å². The number of para-hydroxylation sites is 1. The molecule has 2 saturated carbocycles. The van der Waals surface area contributed by atoms with E-state index in [0.717, 1.165) is 19.3 Å². The highest BCUT2D eigenvalue weighted by Crippen LogP contribution is 2.56. The number of carbonyl (C=O) groups excluding carboxylic acids is 3. The maximum absolute atomic E-state index is 12.9. The third-order valence-corrected chi connectivity index (χ3v) is 6.99. The van der Waals surface area contributed by atoms with E-state index >= 15 is 0 Å². The number of nitrogens with two attached hydrogens (primary N) is 1. The maximum atomic E-state index is 12.9. The Bertz CT molecular complexity index is 895. The Morgan fingerprint density at radius 1 is 1.13 bits per heavy atom. The molecule has 8 heteroatoms. The summed E-state index contributed by atoms with van der Waals surface area (Å²) in [5.74, 6) is -1.03. The van der Waals surface area contributed by atoms with Crippen molar-refractivity contribution in [2.75, 3.05) is 18.4 Å². The zero-order chi connectivity index (χ0) is 22.0. The van der Waals surface area contributed by atoms with Crippen molar-refractivity contribution in [3.8, 4) is 0 Å². The van der Waals surface area contributed by atoms with Gasteiger partial charge in [-0.1, -0.05) is 24.6 Å². The number of anilines is 1. The first-order valence-electron chi connectivity index (χ1n) is 11.2. The number of likely N-dealkylation sites (tertiary alicyclic amines) is 1. The minimum absolute atomic E-state index is 0.0145. The Balaban J connectivity index is 1.34. The van der Waals surface area contributed by atoms with Crippen molar-refractivity contribution in [2.24, 2.45) is 11.1 Å². The van der Waals surface area contributed by atoms with Gasteiger partial charge in [0.1, 0.15) is 11.8 Å². The molecule has 0 aromatic heterocycles. The molecule has 1 aromatic carbocycles. The molecule has 1 spiro atoms. The van der Waals surface area contributed by atoms with Crippen LogP contribution in [0, 0.1) is 10.8 Å². The SMILES string of the molecule is N=C(C(N)=O)c1ccccc1NCC(=O)N1CCC[C@H]1C(=O)NC1CCCC2(CC2)C1. The van der Waals surface area contributed by atoms with Gasteiger partial charge in [0, 0.05) is 23.8 Å². The topological polar surface area (TPSA) is 128 Å². The van der Waals surface area contributed by atoms with Crippen LogP contribution < -0.4 is 16.4 Å². The standard InChI is InChI=1S/C23H31N5O3/c24-20(21(25)30)16-6-1-2-7-17(16)26-14-19(29)28-12-4-8-18(28)22(31)27-15-5-3-9-23(13-15)10-11-23/h1-2,6-7,15,18,24,26H,3-5,8-14H2,(H2,25,30)(H,27,31)/t15?,18-/m0/s1. The second kappa shape index (κ2) is 8.69. The summed E-state index contributed by atoms with van der Waals surface area (Å²) in [5, 5.41) is 14.1. The van der Waals surface area contributed by atoms with Crippen molar-refractivity contribution >= 4 is 29.1 Å². The normalized spacial score (nSPS) is 23.9. The fourth-order valence-electron chi connectivity index (χ4n) is 5.10. The van der Waals surface area contributed by atoms with Gasteiger partial charge in [0.2, 0.25) is 11.8 Å². The smallest absolute Gasteiger partial charge is 0.267 e. The number of primary amides is 1. The highest BCUT2D eigenvalue weighted by molar-refractivity contribution is 6.44. The predicted molar refractivity (Wildman–Crippen MR) is 118 cm³/mol. The number of benzene rings is 1. The monoisotopic (exact) mass is 425 g/mol. The highest BCUT2D eigenvalue weighted by atomic mass is 16.2. The minimum Gasteiger partial charge on any atom is -0.376 e. The Morgan fingerprint density at radius 3 is 2.65 bits per heavy atom. The number of carbonyl (C=O) groups is 3. The molecule has 2 aliphatic carbocycles. The Morgan fingerprint density at radius 2 is 1.90 bits per heavy atom. The van der Waals surface area contributed by atoms with E-state index in [4.69, 9.17) is 11.1 Å². The van der Waals surface area contributed by atoms with Crippen molar-refractivity contribution in [1.82, 2.24) is 10.2 Å². The van der Waals surface area contributed by atoms with E-state index in [-0.39, 0.29) is 30.1 Å². The van der Waals surface area contributed by atoms with Crippen molar-refractivity contribution in [3.05, 3.63) is 29.8 Å². The molecule has 0 radical (unpaired) electrons. The van der Waals surface area contributed by atoms with Gasteiger partial charge in [-0.15, -0.1) is 0 Å². The van der Waals surface area contributed by atoms with Crippen molar-refractivity contribution in [3.63, 3.8) is 0 Å². The molecule has 1 unspecified atom stereocenters. The summed E-state index contributed by atoms with van der Waals surface area (Å²) in [7, 11) is 0. The molecule has 166 valence electrons. The first-order chi connectivity index (χ1) is 14.9. The first-order valence-corrected chi connectivity index (χ1v) is 11.2. The van der Waals surface area contributed by atoms with Crippen LogP contribution in [0.15, 0.2) is 24.3 Å². The molecular weight excluding hydrogens is 394 g/mol. The van der Waals surface area contributed by atoms with E-state index in [2.05, 4.69) is 10.6 Å². The molecule has 3 aliphatic rings. The van der Waals surface area contributed by atoms with E-state index < -0.39 is 11.9 Å². The van der Waals surface area contributed by atoms with Crippen LogP contribution in [0.4, 0.5) is 5.69 Å². The fraction of sp³-hybridized carbons (Fsp3) is 0.565. The number of nitrogens with one attached hydrogen (secondary N) is 3. The molecule has 4 rings (SSSR count). The molecule has 5 N–H and O–H groups in total. The lowest BCUT2D eigenvalue weighted by molar-refractivity contribution is -0.137. The zero-order valence-electron chi connectivity index (χ0n) is 17.8. The summed E-state index contributed by atoms with van der Waals surface area (Å²) in [6, 6.07) is 6.58. The third kappa shape index (κ3) is 4.73. The molecule has 31 heavy (non-hydrogen) atoms. The molecule has 1 aromatic rings. The van der Waals surface area contributed by atoms with Crippen LogP contribution in [-0.2, 0) is 14.4 Å². The van der Waals surface area contributed by atoms with Gasteiger partial charge < -0.3 is 21.3 Å². The van der Waals surface area contributed by atoms with Gasteiger partial charge in [0.15, 0.2) is 0 Å². The first kappa shape index (κ1) is 21.3. The van der Waals surface area contributed by atoms with Gasteiger partial charge in [-0.25, -0.2) is 0 Å². The number of hydrogen-bond donors (Lipinski definition) is 4. The number of rotatable bonds is 7. The maximum Gasteiger partial charge on any atom is 0.267 e. The van der Waals surface area contributed by atoms with E-state index in [1.54, 1.807) is 29.2 Å². The summed E-state index contributed by atoms with van der Waals surface area (Å²) < 4.78 is 0. The quantitative estimate of drug-likeness (QED) is 0.496. The molecule has 1 saturated heterocycles. The van der Waals surface area contributed by atoms with Crippen LogP contribution in [0.25, 0.3) is 0 Å². The Kier molecular flexibility index (Phi) is 5.98. The Hall–Kier alpha value is -2.90. The van der Waals surface area contributed by atoms with Crippen molar-refractivity contribution in [2.45, 2.75) is 63.5 Å². The van der Waals surface area contributed by atoms with Gasteiger partial charge in [0.05, 0.1) is 6.54 Å². The molecule has 1 aliphatic heterocycles. The van der Waals surface area contributed by atoms with Gasteiger partial charge in [-0.2, -0.15) is 0 Å². The van der Waals surface area contributed by atoms with E-state index in [1.807, 2.05) is 0 Å². The third-order valence-electron chi connectivity index (χ3n) is 6.99. The number of amides is 3. The minimum atomic E-state index is -0.826. The second-order valence-corrected chi connectivity index (χ2v) is 9.19. The molecule has 0 bridgehead atoms. The summed E-state index contributed by atoms with van der Waals surface area (Å²) in [4.78, 5) is 38.9. The fourth-order valence-corrected chi connectivity index (χ4v) is 5.10. The van der Waals surface area contributed by atoms with Crippen LogP contribution in [0.5, 0.6) is 0 Å². The molecular formula is C23H31N5O3. The van der Waals surface area contributed by atoms with E-state index in [9.17, 15) is 14.4 Å².